The summed E-state index contributed by atoms with van der Waals surface area (Å²) in [5.41, 5.74) is 5.89. The van der Waals surface area contributed by atoms with Crippen LogP contribution in [0.2, 0.25) is 5.02 Å². The molecule has 1 saturated heterocycles. The van der Waals surface area contributed by atoms with Crippen LogP contribution in [0.15, 0.2) is 18.2 Å². The molecular weight excluding hydrogens is 340 g/mol. The predicted octanol–water partition coefficient (Wildman–Crippen LogP) is 3.60. The number of nitrogens with one attached hydrogen (secondary N) is 1. The lowest BCUT2D eigenvalue weighted by Gasteiger charge is -2.65. The quantitative estimate of drug-likeness (QED) is 0.835. The van der Waals surface area contributed by atoms with Crippen molar-refractivity contribution in [3.63, 3.8) is 0 Å². The molecule has 3 rings (SSSR count). The van der Waals surface area contributed by atoms with Crippen LogP contribution in [0.4, 0.5) is 5.69 Å². The number of hydrogen-bond acceptors (Lipinski definition) is 4. The minimum absolute atomic E-state index is 0.0467. The van der Waals surface area contributed by atoms with Crippen LogP contribution in [-0.2, 0) is 9.53 Å². The molecule has 1 heterocycles. The van der Waals surface area contributed by atoms with Crippen LogP contribution >= 0.6 is 11.6 Å². The highest BCUT2D eigenvalue weighted by atomic mass is 35.5. The maximum Gasteiger partial charge on any atom is 0.245 e. The van der Waals surface area contributed by atoms with Gasteiger partial charge in [0.1, 0.15) is 11.3 Å². The average molecular weight is 367 g/mol. The molecule has 1 saturated carbocycles. The summed E-state index contributed by atoms with van der Waals surface area (Å²) in [7, 11) is 0. The van der Waals surface area contributed by atoms with E-state index in [-0.39, 0.29) is 17.9 Å². The van der Waals surface area contributed by atoms with E-state index in [1.54, 1.807) is 18.2 Å². The van der Waals surface area contributed by atoms with Crippen molar-refractivity contribution in [3.05, 3.63) is 23.2 Å². The number of halogens is 1. The van der Waals surface area contributed by atoms with Gasteiger partial charge in [-0.2, -0.15) is 0 Å². The molecule has 1 amide bonds. The van der Waals surface area contributed by atoms with Crippen LogP contribution in [0, 0.1) is 11.3 Å². The molecule has 1 aromatic carbocycles. The third-order valence-corrected chi connectivity index (χ3v) is 6.01. The van der Waals surface area contributed by atoms with E-state index in [0.717, 1.165) is 25.9 Å². The molecule has 2 fully saturated rings. The van der Waals surface area contributed by atoms with Crippen LogP contribution in [0.5, 0.6) is 5.75 Å². The predicted molar refractivity (Wildman–Crippen MR) is 99.0 cm³/mol. The molecule has 1 aliphatic heterocycles. The number of nitrogens with two attached hydrogens (primary N) is 1. The molecule has 0 bridgehead atoms. The Labute approximate surface area is 154 Å². The largest absolute Gasteiger partial charge is 0.492 e. The lowest BCUT2D eigenvalue weighted by Crippen LogP contribution is -2.81. The van der Waals surface area contributed by atoms with Gasteiger partial charge in [-0.3, -0.25) is 4.79 Å². The summed E-state index contributed by atoms with van der Waals surface area (Å²) in [6.45, 7) is 7.40. The molecule has 138 valence electrons. The fraction of sp³-hybridized carbons (Fsp3) is 0.632. The first kappa shape index (κ1) is 18.5. The van der Waals surface area contributed by atoms with E-state index >= 15 is 0 Å². The first-order valence-electron chi connectivity index (χ1n) is 8.96. The highest BCUT2D eigenvalue weighted by Gasteiger charge is 2.70. The van der Waals surface area contributed by atoms with E-state index in [4.69, 9.17) is 26.8 Å². The van der Waals surface area contributed by atoms with Crippen molar-refractivity contribution < 1.29 is 14.3 Å². The molecule has 1 aliphatic carbocycles. The highest BCUT2D eigenvalue weighted by Crippen LogP contribution is 2.57. The fourth-order valence-electron chi connectivity index (χ4n) is 4.18. The van der Waals surface area contributed by atoms with Gasteiger partial charge in [0.25, 0.3) is 0 Å². The lowest BCUT2D eigenvalue weighted by molar-refractivity contribution is -0.222. The number of rotatable bonds is 5. The molecular formula is C19H27ClN2O3. The highest BCUT2D eigenvalue weighted by molar-refractivity contribution is 6.32. The topological polar surface area (TPSA) is 73.6 Å². The number of benzene rings is 1. The van der Waals surface area contributed by atoms with Gasteiger partial charge in [-0.05, 0) is 37.5 Å². The summed E-state index contributed by atoms with van der Waals surface area (Å²) in [6, 6.07) is 5.27. The zero-order chi connectivity index (χ0) is 18.2. The molecule has 3 atom stereocenters. The van der Waals surface area contributed by atoms with Crippen molar-refractivity contribution in [1.82, 2.24) is 0 Å². The smallest absolute Gasteiger partial charge is 0.245 e. The Morgan fingerprint density at radius 3 is 2.92 bits per heavy atom. The summed E-state index contributed by atoms with van der Waals surface area (Å²) in [6.07, 6.45) is 2.82. The normalized spacial score (nSPS) is 30.1. The van der Waals surface area contributed by atoms with Crippen LogP contribution < -0.4 is 15.8 Å². The van der Waals surface area contributed by atoms with Gasteiger partial charge in [-0.1, -0.05) is 32.4 Å². The molecule has 3 unspecified atom stereocenters. The third-order valence-electron chi connectivity index (χ3n) is 5.71. The molecule has 5 nitrogen and oxygen atoms in total. The third kappa shape index (κ3) is 2.92. The van der Waals surface area contributed by atoms with Crippen molar-refractivity contribution in [3.8, 4) is 5.75 Å². The van der Waals surface area contributed by atoms with E-state index in [1.165, 1.54) is 0 Å². The van der Waals surface area contributed by atoms with Gasteiger partial charge in [-0.15, -0.1) is 0 Å². The van der Waals surface area contributed by atoms with Crippen molar-refractivity contribution in [2.45, 2.75) is 51.7 Å². The van der Waals surface area contributed by atoms with Crippen LogP contribution in [0.3, 0.4) is 0 Å². The first-order valence-corrected chi connectivity index (χ1v) is 9.34. The van der Waals surface area contributed by atoms with E-state index in [2.05, 4.69) is 5.32 Å². The Balaban J connectivity index is 1.74. The molecule has 0 spiro atoms. The van der Waals surface area contributed by atoms with Gasteiger partial charge in [-0.25, -0.2) is 0 Å². The monoisotopic (exact) mass is 366 g/mol. The minimum atomic E-state index is -0.943. The molecule has 2 aliphatic rings. The summed E-state index contributed by atoms with van der Waals surface area (Å²) >= 11 is 6.25. The van der Waals surface area contributed by atoms with Crippen molar-refractivity contribution >= 4 is 23.2 Å². The lowest BCUT2D eigenvalue weighted by atomic mass is 9.46. The summed E-state index contributed by atoms with van der Waals surface area (Å²) in [5, 5.41) is 3.41. The SMILES string of the molecule is CCCOc1ccc(NC(=O)C2(N)C3CCCOC3C2(C)C)cc1Cl. The molecule has 0 aromatic heterocycles. The molecule has 25 heavy (non-hydrogen) atoms. The second kappa shape index (κ2) is 6.78. The zero-order valence-electron chi connectivity index (χ0n) is 15.1. The number of carbonyl (C=O) groups is 1. The van der Waals surface area contributed by atoms with Gasteiger partial charge in [0.05, 0.1) is 17.7 Å². The first-order chi connectivity index (χ1) is 11.8. The number of fused-ring (bicyclic) bond motifs is 1. The Bertz CT molecular complexity index is 664. The van der Waals surface area contributed by atoms with Gasteiger partial charge < -0.3 is 20.5 Å². The second-order valence-electron chi connectivity index (χ2n) is 7.58. The summed E-state index contributed by atoms with van der Waals surface area (Å²) in [5.74, 6) is 0.495. The maximum atomic E-state index is 13.0. The molecule has 6 heteroatoms. The maximum absolute atomic E-state index is 13.0. The van der Waals surface area contributed by atoms with E-state index in [0.29, 0.717) is 23.1 Å². The number of hydrogen-bond donors (Lipinski definition) is 2. The summed E-state index contributed by atoms with van der Waals surface area (Å²) in [4.78, 5) is 13.0. The number of carbonyl (C=O) groups excluding carboxylic acids is 1. The Kier molecular flexibility index (Phi) is 5.02. The van der Waals surface area contributed by atoms with E-state index in [1.807, 2.05) is 20.8 Å². The standard InChI is InChI=1S/C19H27ClN2O3/c1-4-9-24-15-8-7-12(11-14(15)20)22-17(23)19(21)13-6-5-10-25-16(13)18(19,2)3/h7-8,11,13,16H,4-6,9-10,21H2,1-3H3,(H,22,23). The summed E-state index contributed by atoms with van der Waals surface area (Å²) < 4.78 is 11.4. The fourth-order valence-corrected chi connectivity index (χ4v) is 4.41. The van der Waals surface area contributed by atoms with Crippen LogP contribution in [0.1, 0.15) is 40.0 Å². The Morgan fingerprint density at radius 1 is 1.48 bits per heavy atom. The van der Waals surface area contributed by atoms with Crippen molar-refractivity contribution in [2.75, 3.05) is 18.5 Å². The van der Waals surface area contributed by atoms with Gasteiger partial charge in [0, 0.05) is 23.6 Å². The van der Waals surface area contributed by atoms with E-state index < -0.39 is 11.0 Å². The van der Waals surface area contributed by atoms with Crippen LogP contribution in [-0.4, -0.2) is 30.8 Å². The van der Waals surface area contributed by atoms with E-state index in [9.17, 15) is 4.79 Å². The number of amides is 1. The zero-order valence-corrected chi connectivity index (χ0v) is 15.9. The minimum Gasteiger partial charge on any atom is -0.492 e. The van der Waals surface area contributed by atoms with Gasteiger partial charge in [0.2, 0.25) is 5.91 Å². The average Bonchev–Trinajstić information content (AvgIpc) is 2.60. The van der Waals surface area contributed by atoms with Crippen LogP contribution in [0.25, 0.3) is 0 Å². The molecule has 0 radical (unpaired) electrons. The van der Waals surface area contributed by atoms with Gasteiger partial charge in [0.15, 0.2) is 0 Å². The molecule has 1 aromatic rings. The second-order valence-corrected chi connectivity index (χ2v) is 7.99. The van der Waals surface area contributed by atoms with Gasteiger partial charge >= 0.3 is 0 Å². The molecule has 3 N–H and O–H groups in total. The Morgan fingerprint density at radius 2 is 2.24 bits per heavy atom. The van der Waals surface area contributed by atoms with Crippen molar-refractivity contribution in [2.24, 2.45) is 17.1 Å². The van der Waals surface area contributed by atoms with Crippen molar-refractivity contribution in [1.29, 1.82) is 0 Å². The number of ether oxygens (including phenoxy) is 2. The number of anilines is 1. The Hall–Kier alpha value is -1.30.